The Morgan fingerprint density at radius 2 is 2.04 bits per heavy atom. The SMILES string of the molecule is CC1(C)CCc2nc(C#Cc3cc(F)cc(-c4nn[nH]n4)c3)ccc2C1=O. The molecule has 3 aromatic rings. The summed E-state index contributed by atoms with van der Waals surface area (Å²) in [6, 6.07) is 7.85. The van der Waals surface area contributed by atoms with Crippen molar-refractivity contribution < 1.29 is 9.18 Å². The second kappa shape index (κ2) is 6.40. The molecule has 134 valence electrons. The molecule has 1 aliphatic rings. The van der Waals surface area contributed by atoms with Crippen LogP contribution in [0.1, 0.15) is 47.6 Å². The first kappa shape index (κ1) is 17.0. The highest BCUT2D eigenvalue weighted by atomic mass is 19.1. The van der Waals surface area contributed by atoms with E-state index in [2.05, 4.69) is 37.4 Å². The lowest BCUT2D eigenvalue weighted by molar-refractivity contribution is 0.0809. The number of aryl methyl sites for hydroxylation is 1. The fourth-order valence-electron chi connectivity index (χ4n) is 3.09. The highest BCUT2D eigenvalue weighted by molar-refractivity contribution is 6.01. The molecular formula is C20H16FN5O. The Hall–Kier alpha value is -3.40. The first-order chi connectivity index (χ1) is 12.9. The third-order valence-corrected chi connectivity index (χ3v) is 4.66. The summed E-state index contributed by atoms with van der Waals surface area (Å²) in [4.78, 5) is 17.0. The second-order valence-electron chi connectivity index (χ2n) is 7.12. The number of carbonyl (C=O) groups excluding carboxylic acids is 1. The van der Waals surface area contributed by atoms with Gasteiger partial charge in [-0.05, 0) is 54.3 Å². The van der Waals surface area contributed by atoms with Crippen LogP contribution in [0, 0.1) is 23.1 Å². The maximum absolute atomic E-state index is 13.9. The zero-order chi connectivity index (χ0) is 19.0. The predicted molar refractivity (Wildman–Crippen MR) is 96.2 cm³/mol. The fourth-order valence-corrected chi connectivity index (χ4v) is 3.09. The van der Waals surface area contributed by atoms with Crippen molar-refractivity contribution in [2.24, 2.45) is 5.41 Å². The number of Topliss-reactive ketones (excluding diaryl/α,β-unsaturated/α-hetero) is 1. The van der Waals surface area contributed by atoms with Crippen LogP contribution < -0.4 is 0 Å². The van der Waals surface area contributed by atoms with Gasteiger partial charge in [-0.1, -0.05) is 19.8 Å². The maximum atomic E-state index is 13.9. The molecule has 1 N–H and O–H groups in total. The Morgan fingerprint density at radius 1 is 1.19 bits per heavy atom. The van der Waals surface area contributed by atoms with Crippen LogP contribution in [0.2, 0.25) is 0 Å². The van der Waals surface area contributed by atoms with Crippen molar-refractivity contribution in [3.8, 4) is 23.2 Å². The number of pyridine rings is 1. The average Bonchev–Trinajstić information content (AvgIpc) is 3.18. The van der Waals surface area contributed by atoms with E-state index in [1.165, 1.54) is 12.1 Å². The minimum absolute atomic E-state index is 0.116. The molecule has 27 heavy (non-hydrogen) atoms. The molecule has 0 bridgehead atoms. The van der Waals surface area contributed by atoms with E-state index in [9.17, 15) is 9.18 Å². The topological polar surface area (TPSA) is 84.4 Å². The first-order valence-electron chi connectivity index (χ1n) is 8.53. The van der Waals surface area contributed by atoms with E-state index < -0.39 is 5.82 Å². The molecule has 4 rings (SSSR count). The molecule has 2 heterocycles. The molecule has 1 aliphatic carbocycles. The van der Waals surface area contributed by atoms with Gasteiger partial charge < -0.3 is 0 Å². The Kier molecular flexibility index (Phi) is 4.04. The Bertz CT molecular complexity index is 1090. The van der Waals surface area contributed by atoms with Crippen molar-refractivity contribution in [3.05, 3.63) is 58.7 Å². The fraction of sp³-hybridized carbons (Fsp3) is 0.250. The molecule has 2 aromatic heterocycles. The molecule has 0 saturated heterocycles. The van der Waals surface area contributed by atoms with Gasteiger partial charge in [-0.15, -0.1) is 10.2 Å². The maximum Gasteiger partial charge on any atom is 0.204 e. The minimum Gasteiger partial charge on any atom is -0.294 e. The number of fused-ring (bicyclic) bond motifs is 1. The van der Waals surface area contributed by atoms with E-state index in [1.807, 2.05) is 13.8 Å². The van der Waals surface area contributed by atoms with Gasteiger partial charge in [0.2, 0.25) is 5.82 Å². The van der Waals surface area contributed by atoms with Gasteiger partial charge in [-0.3, -0.25) is 4.79 Å². The molecule has 0 fully saturated rings. The first-order valence-corrected chi connectivity index (χ1v) is 8.53. The summed E-state index contributed by atoms with van der Waals surface area (Å²) >= 11 is 0. The molecule has 0 unspecified atom stereocenters. The van der Waals surface area contributed by atoms with E-state index in [0.717, 1.165) is 18.5 Å². The molecular weight excluding hydrogens is 345 g/mol. The highest BCUT2D eigenvalue weighted by Crippen LogP contribution is 2.33. The van der Waals surface area contributed by atoms with Gasteiger partial charge in [0.05, 0.1) is 5.69 Å². The summed E-state index contributed by atoms with van der Waals surface area (Å²) < 4.78 is 13.9. The molecule has 0 spiro atoms. The van der Waals surface area contributed by atoms with Crippen molar-refractivity contribution in [1.82, 2.24) is 25.6 Å². The molecule has 7 heteroatoms. The number of nitrogens with zero attached hydrogens (tertiary/aromatic N) is 4. The Labute approximate surface area is 155 Å². The van der Waals surface area contributed by atoms with E-state index in [0.29, 0.717) is 28.2 Å². The summed E-state index contributed by atoms with van der Waals surface area (Å²) in [5.41, 5.74) is 2.60. The van der Waals surface area contributed by atoms with Gasteiger partial charge in [0.1, 0.15) is 11.5 Å². The van der Waals surface area contributed by atoms with Gasteiger partial charge in [-0.25, -0.2) is 9.37 Å². The van der Waals surface area contributed by atoms with Gasteiger partial charge >= 0.3 is 0 Å². The van der Waals surface area contributed by atoms with Crippen LogP contribution in [0.4, 0.5) is 4.39 Å². The monoisotopic (exact) mass is 361 g/mol. The number of H-pyrrole nitrogens is 1. The number of aromatic amines is 1. The quantitative estimate of drug-likeness (QED) is 0.674. The molecule has 0 saturated carbocycles. The number of tetrazole rings is 1. The van der Waals surface area contributed by atoms with E-state index in [4.69, 9.17) is 0 Å². The lowest BCUT2D eigenvalue weighted by Crippen LogP contribution is -2.31. The molecule has 0 amide bonds. The highest BCUT2D eigenvalue weighted by Gasteiger charge is 2.34. The molecule has 0 atom stereocenters. The number of nitrogens with one attached hydrogen (secondary N) is 1. The van der Waals surface area contributed by atoms with Crippen LogP contribution in [0.15, 0.2) is 30.3 Å². The third-order valence-electron chi connectivity index (χ3n) is 4.66. The summed E-state index contributed by atoms with van der Waals surface area (Å²) in [6.45, 7) is 3.91. The largest absolute Gasteiger partial charge is 0.294 e. The minimum atomic E-state index is -0.437. The van der Waals surface area contributed by atoms with Gasteiger partial charge in [-0.2, -0.15) is 5.21 Å². The number of hydrogen-bond donors (Lipinski definition) is 1. The molecule has 0 radical (unpaired) electrons. The third kappa shape index (κ3) is 3.34. The summed E-state index contributed by atoms with van der Waals surface area (Å²) in [6.07, 6.45) is 1.51. The lowest BCUT2D eigenvalue weighted by Gasteiger charge is -2.28. The smallest absolute Gasteiger partial charge is 0.204 e. The van der Waals surface area contributed by atoms with E-state index in [1.54, 1.807) is 18.2 Å². The Balaban J connectivity index is 1.65. The number of aromatic nitrogens is 5. The van der Waals surface area contributed by atoms with Crippen molar-refractivity contribution in [1.29, 1.82) is 0 Å². The number of benzene rings is 1. The number of carbonyl (C=O) groups is 1. The van der Waals surface area contributed by atoms with Crippen LogP contribution in [-0.4, -0.2) is 31.4 Å². The number of halogens is 1. The van der Waals surface area contributed by atoms with Crippen molar-refractivity contribution in [2.45, 2.75) is 26.7 Å². The van der Waals surface area contributed by atoms with E-state index >= 15 is 0 Å². The summed E-state index contributed by atoms with van der Waals surface area (Å²) in [5.74, 6) is 5.83. The second-order valence-corrected chi connectivity index (χ2v) is 7.12. The normalized spacial score (nSPS) is 15.0. The number of rotatable bonds is 1. The number of ketones is 1. The van der Waals surface area contributed by atoms with Crippen LogP contribution in [0.25, 0.3) is 11.4 Å². The summed E-state index contributed by atoms with van der Waals surface area (Å²) in [7, 11) is 0. The van der Waals surface area contributed by atoms with Crippen LogP contribution in [-0.2, 0) is 6.42 Å². The van der Waals surface area contributed by atoms with Gasteiger partial charge in [0.15, 0.2) is 5.78 Å². The molecule has 6 nitrogen and oxygen atoms in total. The lowest BCUT2D eigenvalue weighted by atomic mass is 9.75. The number of hydrogen-bond acceptors (Lipinski definition) is 5. The zero-order valence-corrected chi connectivity index (χ0v) is 14.9. The predicted octanol–water partition coefficient (Wildman–Crippen LogP) is 2.96. The van der Waals surface area contributed by atoms with E-state index in [-0.39, 0.29) is 11.2 Å². The van der Waals surface area contributed by atoms with Gasteiger partial charge in [0, 0.05) is 22.1 Å². The van der Waals surface area contributed by atoms with Crippen LogP contribution in [0.5, 0.6) is 0 Å². The van der Waals surface area contributed by atoms with Crippen molar-refractivity contribution in [2.75, 3.05) is 0 Å². The zero-order valence-electron chi connectivity index (χ0n) is 14.9. The average molecular weight is 361 g/mol. The van der Waals surface area contributed by atoms with Crippen molar-refractivity contribution >= 4 is 5.78 Å². The summed E-state index contributed by atoms with van der Waals surface area (Å²) in [5, 5.41) is 13.5. The van der Waals surface area contributed by atoms with Crippen LogP contribution in [0.3, 0.4) is 0 Å². The Morgan fingerprint density at radius 3 is 2.81 bits per heavy atom. The van der Waals surface area contributed by atoms with Crippen LogP contribution >= 0.6 is 0 Å². The standard InChI is InChI=1S/C20H16FN5O/c1-20(2)8-7-17-16(18(20)27)6-5-15(22-17)4-3-12-9-13(11-14(21)10-12)19-23-25-26-24-19/h5-6,9-11H,7-8H2,1-2H3,(H,23,24,25,26). The van der Waals surface area contributed by atoms with Gasteiger partial charge in [0.25, 0.3) is 0 Å². The van der Waals surface area contributed by atoms with Crippen molar-refractivity contribution in [3.63, 3.8) is 0 Å². The molecule has 1 aromatic carbocycles. The molecule has 0 aliphatic heterocycles.